The lowest BCUT2D eigenvalue weighted by Gasteiger charge is -2.18. The lowest BCUT2D eigenvalue weighted by molar-refractivity contribution is -0.121. The Morgan fingerprint density at radius 3 is 2.28 bits per heavy atom. The maximum atomic E-state index is 13.3. The molecule has 0 aliphatic heterocycles. The number of aryl methyl sites for hydroxylation is 1. The van der Waals surface area contributed by atoms with Crippen molar-refractivity contribution >= 4 is 28.1 Å². The normalized spacial score (nSPS) is 12.9. The van der Waals surface area contributed by atoms with E-state index in [9.17, 15) is 4.79 Å². The van der Waals surface area contributed by atoms with Crippen LogP contribution in [0.4, 0.5) is 0 Å². The Bertz CT molecular complexity index is 1390. The summed E-state index contributed by atoms with van der Waals surface area (Å²) in [5.41, 5.74) is 4.99. The highest BCUT2D eigenvalue weighted by molar-refractivity contribution is 7.10. The Morgan fingerprint density at radius 1 is 0.861 bits per heavy atom. The quantitative estimate of drug-likeness (QED) is 0.216. The molecular weight excluding hydrogens is 460 g/mol. The number of rotatable bonds is 10. The van der Waals surface area contributed by atoms with Gasteiger partial charge in [0.05, 0.1) is 0 Å². The number of nitrogens with zero attached hydrogens (tertiary/aromatic N) is 1. The van der Waals surface area contributed by atoms with Gasteiger partial charge >= 0.3 is 0 Å². The van der Waals surface area contributed by atoms with E-state index in [1.807, 2.05) is 6.07 Å². The van der Waals surface area contributed by atoms with E-state index >= 15 is 0 Å². The Labute approximate surface area is 217 Å². The number of aromatic nitrogens is 1. The van der Waals surface area contributed by atoms with Crippen LogP contribution in [0.5, 0.6) is 0 Å². The van der Waals surface area contributed by atoms with Gasteiger partial charge in [-0.2, -0.15) is 0 Å². The van der Waals surface area contributed by atoms with Crippen LogP contribution in [0.2, 0.25) is 0 Å². The third-order valence-corrected chi connectivity index (χ3v) is 7.77. The van der Waals surface area contributed by atoms with Gasteiger partial charge in [0.1, 0.15) is 0 Å². The predicted octanol–water partition coefficient (Wildman–Crippen LogP) is 7.41. The summed E-state index contributed by atoms with van der Waals surface area (Å²) in [6, 6.07) is 33.9. The molecular formula is C32H32N2OS. The van der Waals surface area contributed by atoms with E-state index in [4.69, 9.17) is 0 Å². The molecule has 0 bridgehead atoms. The van der Waals surface area contributed by atoms with Crippen molar-refractivity contribution in [1.29, 1.82) is 0 Å². The summed E-state index contributed by atoms with van der Waals surface area (Å²) < 4.78 is 2.32. The molecule has 1 N–H and O–H groups in total. The van der Waals surface area contributed by atoms with Gasteiger partial charge in [-0.15, -0.1) is 11.3 Å². The molecule has 0 saturated carbocycles. The molecule has 0 aliphatic carbocycles. The van der Waals surface area contributed by atoms with Crippen LogP contribution in [0.15, 0.2) is 109 Å². The van der Waals surface area contributed by atoms with Crippen LogP contribution >= 0.6 is 11.3 Å². The van der Waals surface area contributed by atoms with Gasteiger partial charge in [0.15, 0.2) is 0 Å². The number of carbonyl (C=O) groups is 1. The first-order chi connectivity index (χ1) is 17.7. The Kier molecular flexibility index (Phi) is 7.63. The molecule has 3 aromatic carbocycles. The third-order valence-electron chi connectivity index (χ3n) is 6.78. The molecule has 3 nitrogen and oxygen atoms in total. The van der Waals surface area contributed by atoms with Crippen molar-refractivity contribution in [3.63, 3.8) is 0 Å². The van der Waals surface area contributed by atoms with E-state index in [2.05, 4.69) is 119 Å². The number of amides is 1. The number of thiophene rings is 1. The fourth-order valence-electron chi connectivity index (χ4n) is 4.94. The largest absolute Gasteiger partial charge is 0.354 e. The Balaban J connectivity index is 1.37. The number of fused-ring (bicyclic) bond motifs is 1. The van der Waals surface area contributed by atoms with Crippen molar-refractivity contribution in [2.24, 2.45) is 0 Å². The van der Waals surface area contributed by atoms with Gasteiger partial charge < -0.3 is 9.88 Å². The first-order valence-corrected chi connectivity index (χ1v) is 13.5. The van der Waals surface area contributed by atoms with E-state index in [0.717, 1.165) is 19.4 Å². The maximum absolute atomic E-state index is 13.3. The predicted molar refractivity (Wildman–Crippen MR) is 151 cm³/mol. The van der Waals surface area contributed by atoms with Gasteiger partial charge in [-0.25, -0.2) is 0 Å². The van der Waals surface area contributed by atoms with Gasteiger partial charge in [-0.3, -0.25) is 4.79 Å². The zero-order valence-corrected chi connectivity index (χ0v) is 21.5. The number of para-hydroxylation sites is 1. The molecule has 2 unspecified atom stereocenters. The van der Waals surface area contributed by atoms with Crippen molar-refractivity contribution in [2.45, 2.75) is 44.7 Å². The summed E-state index contributed by atoms with van der Waals surface area (Å²) >= 11 is 1.73. The molecule has 2 atom stereocenters. The molecule has 2 aromatic heterocycles. The van der Waals surface area contributed by atoms with Crippen LogP contribution in [-0.2, 0) is 17.8 Å². The summed E-state index contributed by atoms with van der Waals surface area (Å²) in [5.74, 6) is 0.127. The molecule has 36 heavy (non-hydrogen) atoms. The zero-order valence-electron chi connectivity index (χ0n) is 20.6. The standard InChI is InChI=1S/C32H32N2OS/c1-24(18-19-25-11-4-2-5-12-25)33-32(35)21-28(31-17-10-20-36-31)29-23-34(22-26-13-6-3-7-14-26)30-16-9-8-15-27(29)30/h2-17,20,23-24,28H,18-19,21-22H2,1H3,(H,33,35). The van der Waals surface area contributed by atoms with Gasteiger partial charge in [-0.1, -0.05) is 84.9 Å². The molecule has 2 heterocycles. The van der Waals surface area contributed by atoms with Crippen molar-refractivity contribution in [1.82, 2.24) is 9.88 Å². The van der Waals surface area contributed by atoms with Crippen LogP contribution < -0.4 is 5.32 Å². The Hall–Kier alpha value is -3.63. The number of benzene rings is 3. The number of hydrogen-bond donors (Lipinski definition) is 1. The van der Waals surface area contributed by atoms with Crippen LogP contribution in [-0.4, -0.2) is 16.5 Å². The Morgan fingerprint density at radius 2 is 1.56 bits per heavy atom. The van der Waals surface area contributed by atoms with Crippen LogP contribution in [0, 0.1) is 0 Å². The molecule has 182 valence electrons. The first-order valence-electron chi connectivity index (χ1n) is 12.7. The maximum Gasteiger partial charge on any atom is 0.221 e. The van der Waals surface area contributed by atoms with E-state index < -0.39 is 0 Å². The molecule has 0 fully saturated rings. The average molecular weight is 493 g/mol. The molecule has 0 spiro atoms. The second kappa shape index (κ2) is 11.4. The monoisotopic (exact) mass is 492 g/mol. The summed E-state index contributed by atoms with van der Waals surface area (Å²) in [5, 5.41) is 6.59. The number of hydrogen-bond acceptors (Lipinski definition) is 2. The average Bonchev–Trinajstić information content (AvgIpc) is 3.57. The summed E-state index contributed by atoms with van der Waals surface area (Å²) in [4.78, 5) is 14.5. The van der Waals surface area contributed by atoms with E-state index in [0.29, 0.717) is 6.42 Å². The minimum absolute atomic E-state index is 0.0215. The lowest BCUT2D eigenvalue weighted by Crippen LogP contribution is -2.33. The molecule has 1 amide bonds. The van der Waals surface area contributed by atoms with E-state index in [-0.39, 0.29) is 17.9 Å². The second-order valence-corrected chi connectivity index (χ2v) is 10.5. The van der Waals surface area contributed by atoms with Gasteiger partial charge in [-0.05, 0) is 54.0 Å². The van der Waals surface area contributed by atoms with Crippen LogP contribution in [0.1, 0.15) is 47.3 Å². The summed E-state index contributed by atoms with van der Waals surface area (Å²) in [6.45, 7) is 2.91. The van der Waals surface area contributed by atoms with Gasteiger partial charge in [0, 0.05) is 46.9 Å². The fourth-order valence-corrected chi connectivity index (χ4v) is 5.78. The van der Waals surface area contributed by atoms with Gasteiger partial charge in [0.2, 0.25) is 5.91 Å². The molecule has 5 rings (SSSR count). The molecule has 0 saturated heterocycles. The number of carbonyl (C=O) groups excluding carboxylic acids is 1. The van der Waals surface area contributed by atoms with E-state index in [1.165, 1.54) is 32.5 Å². The summed E-state index contributed by atoms with van der Waals surface area (Å²) in [6.07, 6.45) is 4.59. The fraction of sp³-hybridized carbons (Fsp3) is 0.219. The second-order valence-electron chi connectivity index (χ2n) is 9.48. The minimum atomic E-state index is 0.0215. The SMILES string of the molecule is CC(CCc1ccccc1)NC(=O)CC(c1cccs1)c1cn(Cc2ccccc2)c2ccccc12. The third kappa shape index (κ3) is 5.77. The minimum Gasteiger partial charge on any atom is -0.354 e. The highest BCUT2D eigenvalue weighted by Crippen LogP contribution is 2.37. The zero-order chi connectivity index (χ0) is 24.7. The molecule has 5 aromatic rings. The lowest BCUT2D eigenvalue weighted by atomic mass is 9.93. The highest BCUT2D eigenvalue weighted by Gasteiger charge is 2.24. The number of nitrogens with one attached hydrogen (secondary N) is 1. The smallest absolute Gasteiger partial charge is 0.221 e. The molecule has 0 radical (unpaired) electrons. The van der Waals surface area contributed by atoms with Crippen molar-refractivity contribution < 1.29 is 4.79 Å². The molecule has 4 heteroatoms. The van der Waals surface area contributed by atoms with E-state index in [1.54, 1.807) is 11.3 Å². The molecule has 0 aliphatic rings. The highest BCUT2D eigenvalue weighted by atomic mass is 32.1. The van der Waals surface area contributed by atoms with Crippen molar-refractivity contribution in [3.8, 4) is 0 Å². The topological polar surface area (TPSA) is 34.0 Å². The van der Waals surface area contributed by atoms with Crippen LogP contribution in [0.3, 0.4) is 0 Å². The first kappa shape index (κ1) is 24.1. The van der Waals surface area contributed by atoms with Crippen molar-refractivity contribution in [2.75, 3.05) is 0 Å². The van der Waals surface area contributed by atoms with Crippen LogP contribution in [0.25, 0.3) is 10.9 Å². The summed E-state index contributed by atoms with van der Waals surface area (Å²) in [7, 11) is 0. The van der Waals surface area contributed by atoms with Crippen molar-refractivity contribution in [3.05, 3.63) is 130 Å². The van der Waals surface area contributed by atoms with Gasteiger partial charge in [0.25, 0.3) is 0 Å².